The number of amides is 1. The van der Waals surface area contributed by atoms with E-state index in [9.17, 15) is 22.0 Å². The topological polar surface area (TPSA) is 66.5 Å². The lowest BCUT2D eigenvalue weighted by Crippen LogP contribution is -2.38. The molecule has 0 bridgehead atoms. The molecule has 1 aromatic rings. The molecule has 1 atom stereocenters. The maximum Gasteiger partial charge on any atom is 0.337 e. The Balaban J connectivity index is 0.00000264. The van der Waals surface area contributed by atoms with Crippen molar-refractivity contribution in [2.75, 3.05) is 20.1 Å². The molecular formula is C14H19ClF2N2O3S. The molecule has 1 fully saturated rings. The molecule has 9 heteroatoms. The first-order valence-electron chi connectivity index (χ1n) is 6.88. The molecule has 1 aliphatic rings. The van der Waals surface area contributed by atoms with Crippen molar-refractivity contribution in [3.8, 4) is 0 Å². The van der Waals surface area contributed by atoms with Crippen LogP contribution in [0, 0.1) is 0 Å². The van der Waals surface area contributed by atoms with Gasteiger partial charge in [0.05, 0.1) is 5.75 Å². The summed E-state index contributed by atoms with van der Waals surface area (Å²) in [6.45, 7) is 1.61. The van der Waals surface area contributed by atoms with Gasteiger partial charge < -0.3 is 10.2 Å². The zero-order valence-corrected chi connectivity index (χ0v) is 14.2. The van der Waals surface area contributed by atoms with Crippen LogP contribution in [0.5, 0.6) is 0 Å². The van der Waals surface area contributed by atoms with Crippen LogP contribution in [0.4, 0.5) is 8.78 Å². The second-order valence-electron chi connectivity index (χ2n) is 5.33. The molecule has 0 spiro atoms. The number of rotatable bonds is 5. The van der Waals surface area contributed by atoms with Crippen LogP contribution in [-0.2, 0) is 15.6 Å². The van der Waals surface area contributed by atoms with Gasteiger partial charge in [-0.25, -0.2) is 8.42 Å². The first kappa shape index (κ1) is 19.8. The smallest absolute Gasteiger partial charge is 0.337 e. The number of nitrogens with one attached hydrogen (secondary N) is 1. The summed E-state index contributed by atoms with van der Waals surface area (Å²) in [6.07, 6.45) is 0.882. The third-order valence-corrected chi connectivity index (χ3v) is 5.02. The normalized spacial score (nSPS) is 17.8. The van der Waals surface area contributed by atoms with E-state index >= 15 is 0 Å². The molecule has 0 radical (unpaired) electrons. The molecule has 1 amide bonds. The zero-order valence-electron chi connectivity index (χ0n) is 12.5. The average molecular weight is 369 g/mol. The summed E-state index contributed by atoms with van der Waals surface area (Å²) < 4.78 is 47.0. The maximum absolute atomic E-state index is 12.3. The van der Waals surface area contributed by atoms with Crippen LogP contribution in [0.25, 0.3) is 0 Å². The van der Waals surface area contributed by atoms with E-state index in [0.29, 0.717) is 5.56 Å². The first-order valence-corrected chi connectivity index (χ1v) is 8.59. The minimum atomic E-state index is -4.45. The second kappa shape index (κ2) is 8.03. The van der Waals surface area contributed by atoms with Crippen LogP contribution in [-0.4, -0.2) is 51.2 Å². The third kappa shape index (κ3) is 4.86. The zero-order chi connectivity index (χ0) is 16.3. The largest absolute Gasteiger partial charge is 0.337 e. The molecule has 1 N–H and O–H groups in total. The van der Waals surface area contributed by atoms with Crippen LogP contribution in [0.2, 0.25) is 0 Å². The molecule has 0 aliphatic carbocycles. The van der Waals surface area contributed by atoms with E-state index < -0.39 is 21.3 Å². The summed E-state index contributed by atoms with van der Waals surface area (Å²) in [6, 6.07) is 5.86. The number of hydrogen-bond donors (Lipinski definition) is 1. The summed E-state index contributed by atoms with van der Waals surface area (Å²) in [4.78, 5) is 13.9. The predicted molar refractivity (Wildman–Crippen MR) is 85.7 cm³/mol. The van der Waals surface area contributed by atoms with E-state index in [1.54, 1.807) is 11.9 Å². The summed E-state index contributed by atoms with van der Waals surface area (Å²) in [5, 5.41) is 3.17. The number of carbonyl (C=O) groups is 1. The van der Waals surface area contributed by atoms with Gasteiger partial charge in [-0.15, -0.1) is 12.4 Å². The van der Waals surface area contributed by atoms with Crippen molar-refractivity contribution >= 4 is 28.2 Å². The van der Waals surface area contributed by atoms with Gasteiger partial charge in [0.15, 0.2) is 0 Å². The fourth-order valence-corrected chi connectivity index (χ4v) is 3.16. The molecule has 130 valence electrons. The highest BCUT2D eigenvalue weighted by Gasteiger charge is 2.26. The minimum Gasteiger partial charge on any atom is -0.337 e. The van der Waals surface area contributed by atoms with Crippen LogP contribution >= 0.6 is 12.4 Å². The fraction of sp³-hybridized carbons (Fsp3) is 0.500. The van der Waals surface area contributed by atoms with Gasteiger partial charge in [-0.3, -0.25) is 4.79 Å². The van der Waals surface area contributed by atoms with Crippen molar-refractivity contribution in [3.05, 3.63) is 35.4 Å². The summed E-state index contributed by atoms with van der Waals surface area (Å²) in [7, 11) is -2.73. The molecule has 1 saturated heterocycles. The number of alkyl halides is 2. The lowest BCUT2D eigenvalue weighted by Gasteiger charge is -2.23. The SMILES string of the molecule is CN(C(=O)c1ccc(CS(=O)(=O)C(F)F)cc1)C1CCNC1.Cl. The van der Waals surface area contributed by atoms with Gasteiger partial charge in [-0.05, 0) is 30.7 Å². The average Bonchev–Trinajstić information content (AvgIpc) is 3.00. The van der Waals surface area contributed by atoms with Gasteiger partial charge in [0.2, 0.25) is 9.84 Å². The number of sulfone groups is 1. The second-order valence-corrected chi connectivity index (χ2v) is 7.30. The number of halogens is 3. The lowest BCUT2D eigenvalue weighted by molar-refractivity contribution is 0.0744. The van der Waals surface area contributed by atoms with Gasteiger partial charge in [0.1, 0.15) is 0 Å². The first-order chi connectivity index (χ1) is 10.3. The summed E-state index contributed by atoms with van der Waals surface area (Å²) in [5.74, 6) is -4.30. The highest BCUT2D eigenvalue weighted by Crippen LogP contribution is 2.16. The Morgan fingerprint density at radius 3 is 2.43 bits per heavy atom. The monoisotopic (exact) mass is 368 g/mol. The Labute approximate surface area is 140 Å². The highest BCUT2D eigenvalue weighted by atomic mass is 35.5. The minimum absolute atomic E-state index is 0. The summed E-state index contributed by atoms with van der Waals surface area (Å²) >= 11 is 0. The molecule has 5 nitrogen and oxygen atoms in total. The molecule has 1 aliphatic heterocycles. The summed E-state index contributed by atoms with van der Waals surface area (Å²) in [5.41, 5.74) is 0.648. The Kier molecular flexibility index (Phi) is 6.91. The highest BCUT2D eigenvalue weighted by molar-refractivity contribution is 7.90. The van der Waals surface area contributed by atoms with E-state index in [4.69, 9.17) is 0 Å². The molecule has 23 heavy (non-hydrogen) atoms. The number of nitrogens with zero attached hydrogens (tertiary/aromatic N) is 1. The standard InChI is InChI=1S/C14H18F2N2O3S.ClH/c1-18(12-6-7-17-8-12)13(19)11-4-2-10(3-5-11)9-22(20,21)14(15)16;/h2-5,12,14,17H,6-9H2,1H3;1H. The van der Waals surface area contributed by atoms with Gasteiger partial charge in [-0.2, -0.15) is 8.78 Å². The Morgan fingerprint density at radius 1 is 1.35 bits per heavy atom. The molecule has 2 rings (SSSR count). The quantitative estimate of drug-likeness (QED) is 0.858. The van der Waals surface area contributed by atoms with E-state index in [0.717, 1.165) is 19.5 Å². The van der Waals surface area contributed by atoms with Gasteiger partial charge in [0, 0.05) is 25.2 Å². The lowest BCUT2D eigenvalue weighted by atomic mass is 10.1. The van der Waals surface area contributed by atoms with Crippen molar-refractivity contribution in [3.63, 3.8) is 0 Å². The molecule has 0 saturated carbocycles. The number of hydrogen-bond acceptors (Lipinski definition) is 4. The number of likely N-dealkylation sites (N-methyl/N-ethyl adjacent to an activating group) is 1. The van der Waals surface area contributed by atoms with E-state index in [2.05, 4.69) is 5.32 Å². The molecule has 0 aromatic heterocycles. The van der Waals surface area contributed by atoms with Gasteiger partial charge in [-0.1, -0.05) is 12.1 Å². The Bertz CT molecular complexity index is 632. The fourth-order valence-electron chi connectivity index (χ4n) is 2.38. The van der Waals surface area contributed by atoms with Gasteiger partial charge in [0.25, 0.3) is 5.91 Å². The van der Waals surface area contributed by atoms with Crippen molar-refractivity contribution in [1.82, 2.24) is 10.2 Å². The Morgan fingerprint density at radius 2 is 1.96 bits per heavy atom. The third-order valence-electron chi connectivity index (χ3n) is 3.74. The van der Waals surface area contributed by atoms with Crippen molar-refractivity contribution in [2.24, 2.45) is 0 Å². The molecule has 1 unspecified atom stereocenters. The van der Waals surface area contributed by atoms with E-state index in [-0.39, 0.29) is 29.9 Å². The van der Waals surface area contributed by atoms with Crippen LogP contribution in [0.15, 0.2) is 24.3 Å². The Hall–Kier alpha value is -1.25. The molecular weight excluding hydrogens is 350 g/mol. The number of benzene rings is 1. The van der Waals surface area contributed by atoms with Gasteiger partial charge >= 0.3 is 5.76 Å². The predicted octanol–water partition coefficient (Wildman–Crippen LogP) is 1.68. The van der Waals surface area contributed by atoms with Crippen LogP contribution in [0.3, 0.4) is 0 Å². The molecule has 1 heterocycles. The maximum atomic E-state index is 12.3. The van der Waals surface area contributed by atoms with Crippen molar-refractivity contribution in [2.45, 2.75) is 24.0 Å². The van der Waals surface area contributed by atoms with E-state index in [1.807, 2.05) is 0 Å². The van der Waals surface area contributed by atoms with Crippen molar-refractivity contribution in [1.29, 1.82) is 0 Å². The van der Waals surface area contributed by atoms with Crippen LogP contribution < -0.4 is 5.32 Å². The van der Waals surface area contributed by atoms with E-state index in [1.165, 1.54) is 24.3 Å². The van der Waals surface area contributed by atoms with Crippen molar-refractivity contribution < 1.29 is 22.0 Å². The number of carbonyl (C=O) groups excluding carboxylic acids is 1. The molecule has 1 aromatic carbocycles. The van der Waals surface area contributed by atoms with Crippen LogP contribution in [0.1, 0.15) is 22.3 Å².